The van der Waals surface area contributed by atoms with Gasteiger partial charge in [0.05, 0.1) is 5.56 Å². The molecule has 3 rings (SSSR count). The van der Waals surface area contributed by atoms with Crippen molar-refractivity contribution in [1.82, 2.24) is 4.90 Å². The molecule has 0 aromatic heterocycles. The molecule has 1 saturated heterocycles. The van der Waals surface area contributed by atoms with Crippen molar-refractivity contribution in [3.05, 3.63) is 70.8 Å². The molecular formula is C21H23NO3. The third-order valence-corrected chi connectivity index (χ3v) is 4.96. The molecule has 0 unspecified atom stereocenters. The topological polar surface area (TPSA) is 57.6 Å². The molecule has 0 bridgehead atoms. The summed E-state index contributed by atoms with van der Waals surface area (Å²) in [5.74, 6) is -0.366. The van der Waals surface area contributed by atoms with Crippen molar-refractivity contribution in [2.75, 3.05) is 13.1 Å². The van der Waals surface area contributed by atoms with Gasteiger partial charge in [0.25, 0.3) is 5.91 Å². The lowest BCUT2D eigenvalue weighted by Crippen LogP contribution is -2.39. The van der Waals surface area contributed by atoms with Gasteiger partial charge in [-0.15, -0.1) is 0 Å². The van der Waals surface area contributed by atoms with Crippen molar-refractivity contribution in [3.8, 4) is 0 Å². The number of likely N-dealkylation sites (tertiary alicyclic amines) is 1. The zero-order valence-corrected chi connectivity index (χ0v) is 14.4. The standard InChI is InChI=1S/C21H23NO3/c1-15-6-8-17(9-7-15)20(23)22-12-10-16(11-13-22)14-18-4-2-3-5-19(18)21(24)25/h2-9,16H,10-14H2,1H3,(H,24,25). The summed E-state index contributed by atoms with van der Waals surface area (Å²) < 4.78 is 0. The Morgan fingerprint density at radius 3 is 2.32 bits per heavy atom. The average molecular weight is 337 g/mol. The van der Waals surface area contributed by atoms with Crippen LogP contribution < -0.4 is 0 Å². The molecule has 1 heterocycles. The molecule has 25 heavy (non-hydrogen) atoms. The van der Waals surface area contributed by atoms with Crippen LogP contribution in [0.5, 0.6) is 0 Å². The van der Waals surface area contributed by atoms with Gasteiger partial charge in [-0.05, 0) is 55.9 Å². The van der Waals surface area contributed by atoms with Crippen LogP contribution in [0, 0.1) is 12.8 Å². The molecule has 1 fully saturated rings. The van der Waals surface area contributed by atoms with E-state index in [1.165, 1.54) is 0 Å². The highest BCUT2D eigenvalue weighted by Gasteiger charge is 2.24. The maximum atomic E-state index is 12.6. The lowest BCUT2D eigenvalue weighted by atomic mass is 9.88. The Bertz CT molecular complexity index is 759. The second kappa shape index (κ2) is 7.51. The summed E-state index contributed by atoms with van der Waals surface area (Å²) >= 11 is 0. The van der Waals surface area contributed by atoms with E-state index in [-0.39, 0.29) is 5.91 Å². The van der Waals surface area contributed by atoms with Crippen LogP contribution in [0.15, 0.2) is 48.5 Å². The Kier molecular flexibility index (Phi) is 5.17. The number of aromatic carboxylic acids is 1. The van der Waals surface area contributed by atoms with Crippen LogP contribution in [-0.4, -0.2) is 35.0 Å². The van der Waals surface area contributed by atoms with Crippen molar-refractivity contribution in [3.63, 3.8) is 0 Å². The van der Waals surface area contributed by atoms with Crippen molar-refractivity contribution in [2.45, 2.75) is 26.2 Å². The fraction of sp³-hybridized carbons (Fsp3) is 0.333. The monoisotopic (exact) mass is 337 g/mol. The molecule has 2 aromatic rings. The highest BCUT2D eigenvalue weighted by molar-refractivity contribution is 5.94. The van der Waals surface area contributed by atoms with Crippen LogP contribution in [-0.2, 0) is 6.42 Å². The van der Waals surface area contributed by atoms with Gasteiger partial charge >= 0.3 is 5.97 Å². The molecule has 4 nitrogen and oxygen atoms in total. The smallest absolute Gasteiger partial charge is 0.335 e. The third-order valence-electron chi connectivity index (χ3n) is 4.96. The molecule has 2 aromatic carbocycles. The predicted molar refractivity (Wildman–Crippen MR) is 96.9 cm³/mol. The Morgan fingerprint density at radius 2 is 1.68 bits per heavy atom. The van der Waals surface area contributed by atoms with Gasteiger partial charge in [-0.3, -0.25) is 4.79 Å². The maximum absolute atomic E-state index is 12.6. The summed E-state index contributed by atoms with van der Waals surface area (Å²) in [6.45, 7) is 3.47. The first-order chi connectivity index (χ1) is 12.0. The maximum Gasteiger partial charge on any atom is 0.335 e. The minimum absolute atomic E-state index is 0.0874. The molecule has 0 spiro atoms. The van der Waals surface area contributed by atoms with Crippen LogP contribution in [0.1, 0.15) is 44.7 Å². The zero-order chi connectivity index (χ0) is 17.8. The number of piperidine rings is 1. The van der Waals surface area contributed by atoms with Crippen LogP contribution in [0.4, 0.5) is 0 Å². The van der Waals surface area contributed by atoms with Gasteiger partial charge in [0.2, 0.25) is 0 Å². The fourth-order valence-corrected chi connectivity index (χ4v) is 3.44. The number of benzene rings is 2. The van der Waals surface area contributed by atoms with E-state index in [1.54, 1.807) is 12.1 Å². The number of rotatable bonds is 4. The number of aryl methyl sites for hydroxylation is 1. The van der Waals surface area contributed by atoms with E-state index in [0.717, 1.165) is 49.0 Å². The number of carbonyl (C=O) groups is 2. The first kappa shape index (κ1) is 17.2. The van der Waals surface area contributed by atoms with Crippen molar-refractivity contribution >= 4 is 11.9 Å². The second-order valence-electron chi connectivity index (χ2n) is 6.77. The lowest BCUT2D eigenvalue weighted by Gasteiger charge is -2.32. The Labute approximate surface area is 148 Å². The van der Waals surface area contributed by atoms with Gasteiger partial charge in [0.1, 0.15) is 0 Å². The highest BCUT2D eigenvalue weighted by atomic mass is 16.4. The Morgan fingerprint density at radius 1 is 1.04 bits per heavy atom. The average Bonchev–Trinajstić information content (AvgIpc) is 2.63. The Balaban J connectivity index is 1.60. The van der Waals surface area contributed by atoms with Crippen LogP contribution in [0.2, 0.25) is 0 Å². The molecule has 1 aliphatic heterocycles. The number of nitrogens with zero attached hydrogens (tertiary/aromatic N) is 1. The normalized spacial score (nSPS) is 15.2. The number of hydrogen-bond donors (Lipinski definition) is 1. The minimum Gasteiger partial charge on any atom is -0.478 e. The van der Waals surface area contributed by atoms with Crippen molar-refractivity contribution in [2.24, 2.45) is 5.92 Å². The van der Waals surface area contributed by atoms with E-state index >= 15 is 0 Å². The zero-order valence-electron chi connectivity index (χ0n) is 14.4. The van der Waals surface area contributed by atoms with Crippen molar-refractivity contribution < 1.29 is 14.7 Å². The van der Waals surface area contributed by atoms with E-state index in [0.29, 0.717) is 11.5 Å². The first-order valence-electron chi connectivity index (χ1n) is 8.71. The molecular weight excluding hydrogens is 314 g/mol. The lowest BCUT2D eigenvalue weighted by molar-refractivity contribution is 0.0690. The van der Waals surface area contributed by atoms with E-state index < -0.39 is 5.97 Å². The number of carboxylic acids is 1. The summed E-state index contributed by atoms with van der Waals surface area (Å²) in [6, 6.07) is 14.9. The number of amides is 1. The van der Waals surface area contributed by atoms with E-state index in [1.807, 2.05) is 48.2 Å². The summed E-state index contributed by atoms with van der Waals surface area (Å²) in [5, 5.41) is 9.30. The van der Waals surface area contributed by atoms with Crippen LogP contribution >= 0.6 is 0 Å². The quantitative estimate of drug-likeness (QED) is 0.923. The van der Waals surface area contributed by atoms with E-state index in [4.69, 9.17) is 0 Å². The summed E-state index contributed by atoms with van der Waals surface area (Å²) in [4.78, 5) is 25.8. The van der Waals surface area contributed by atoms with Gasteiger partial charge in [-0.1, -0.05) is 35.9 Å². The highest BCUT2D eigenvalue weighted by Crippen LogP contribution is 2.24. The van der Waals surface area contributed by atoms with Gasteiger partial charge in [-0.2, -0.15) is 0 Å². The number of carboxylic acid groups (broad SMARTS) is 1. The van der Waals surface area contributed by atoms with Gasteiger partial charge in [-0.25, -0.2) is 4.79 Å². The van der Waals surface area contributed by atoms with Crippen molar-refractivity contribution in [1.29, 1.82) is 0 Å². The molecule has 0 aliphatic carbocycles. The largest absolute Gasteiger partial charge is 0.478 e. The predicted octanol–water partition coefficient (Wildman–Crippen LogP) is 3.79. The molecule has 1 N–H and O–H groups in total. The molecule has 0 radical (unpaired) electrons. The van der Waals surface area contributed by atoms with Gasteiger partial charge < -0.3 is 10.0 Å². The van der Waals surface area contributed by atoms with Crippen LogP contribution in [0.25, 0.3) is 0 Å². The Hall–Kier alpha value is -2.62. The molecule has 0 atom stereocenters. The first-order valence-corrected chi connectivity index (χ1v) is 8.71. The summed E-state index contributed by atoms with van der Waals surface area (Å²) in [5.41, 5.74) is 3.16. The van der Waals surface area contributed by atoms with Gasteiger partial charge in [0, 0.05) is 18.7 Å². The van der Waals surface area contributed by atoms with Gasteiger partial charge in [0.15, 0.2) is 0 Å². The minimum atomic E-state index is -0.873. The number of hydrogen-bond acceptors (Lipinski definition) is 2. The van der Waals surface area contributed by atoms with E-state index in [2.05, 4.69) is 0 Å². The summed E-state index contributed by atoms with van der Waals surface area (Å²) in [6.07, 6.45) is 2.58. The molecule has 1 aliphatic rings. The van der Waals surface area contributed by atoms with Crippen LogP contribution in [0.3, 0.4) is 0 Å². The molecule has 4 heteroatoms. The number of carbonyl (C=O) groups excluding carboxylic acids is 1. The molecule has 1 amide bonds. The summed E-state index contributed by atoms with van der Waals surface area (Å²) in [7, 11) is 0. The molecule has 0 saturated carbocycles. The third kappa shape index (κ3) is 4.08. The van der Waals surface area contributed by atoms with E-state index in [9.17, 15) is 14.7 Å². The SMILES string of the molecule is Cc1ccc(C(=O)N2CCC(Cc3ccccc3C(=O)O)CC2)cc1. The molecule has 130 valence electrons. The second-order valence-corrected chi connectivity index (χ2v) is 6.77. The fourth-order valence-electron chi connectivity index (χ4n) is 3.44.